The molecule has 4 rings (SSSR count). The zero-order chi connectivity index (χ0) is 15.6. The number of pyridine rings is 1. The standard InChI is InChI=1S/C17H15BrN4O/c18-14-11-19-10-13-15(12-4-2-1-3-5-12)20-17(21-16(13)14)22-6-8-23-9-7-22/h1-5,10-11H,6-9H2. The second kappa shape index (κ2) is 6.22. The number of hydrogen-bond donors (Lipinski definition) is 0. The summed E-state index contributed by atoms with van der Waals surface area (Å²) in [5, 5.41) is 0.947. The Bertz CT molecular complexity index is 835. The SMILES string of the molecule is Brc1cncc2c(-c3ccccc3)nc(N3CCOCC3)nc12. The third-order valence-electron chi connectivity index (χ3n) is 3.89. The average Bonchev–Trinajstić information content (AvgIpc) is 2.63. The van der Waals surface area contributed by atoms with Gasteiger partial charge in [0.1, 0.15) is 0 Å². The van der Waals surface area contributed by atoms with Crippen molar-refractivity contribution in [2.75, 3.05) is 31.2 Å². The summed E-state index contributed by atoms with van der Waals surface area (Å²) in [5.41, 5.74) is 2.86. The maximum Gasteiger partial charge on any atom is 0.226 e. The summed E-state index contributed by atoms with van der Waals surface area (Å²) in [7, 11) is 0. The normalized spacial score (nSPS) is 15.1. The molecule has 23 heavy (non-hydrogen) atoms. The van der Waals surface area contributed by atoms with Crippen molar-refractivity contribution < 1.29 is 4.74 Å². The van der Waals surface area contributed by atoms with Gasteiger partial charge in [-0.1, -0.05) is 30.3 Å². The highest BCUT2D eigenvalue weighted by Crippen LogP contribution is 2.31. The van der Waals surface area contributed by atoms with Gasteiger partial charge < -0.3 is 9.64 Å². The number of benzene rings is 1. The smallest absolute Gasteiger partial charge is 0.226 e. The van der Waals surface area contributed by atoms with Crippen molar-refractivity contribution in [2.24, 2.45) is 0 Å². The first-order valence-corrected chi connectivity index (χ1v) is 8.31. The van der Waals surface area contributed by atoms with Gasteiger partial charge >= 0.3 is 0 Å². The highest BCUT2D eigenvalue weighted by molar-refractivity contribution is 9.10. The Morgan fingerprint density at radius 1 is 1.00 bits per heavy atom. The highest BCUT2D eigenvalue weighted by atomic mass is 79.9. The first-order valence-electron chi connectivity index (χ1n) is 7.52. The molecule has 116 valence electrons. The van der Waals surface area contributed by atoms with E-state index in [1.54, 1.807) is 6.20 Å². The Kier molecular flexibility index (Phi) is 3.93. The van der Waals surface area contributed by atoms with E-state index < -0.39 is 0 Å². The Balaban J connectivity index is 1.94. The zero-order valence-corrected chi connectivity index (χ0v) is 14.0. The van der Waals surface area contributed by atoms with Gasteiger partial charge in [-0.05, 0) is 15.9 Å². The third-order valence-corrected chi connectivity index (χ3v) is 4.47. The van der Waals surface area contributed by atoms with Crippen LogP contribution in [0.3, 0.4) is 0 Å². The lowest BCUT2D eigenvalue weighted by molar-refractivity contribution is 0.122. The van der Waals surface area contributed by atoms with E-state index in [0.29, 0.717) is 13.2 Å². The van der Waals surface area contributed by atoms with E-state index in [2.05, 4.69) is 37.9 Å². The van der Waals surface area contributed by atoms with E-state index in [9.17, 15) is 0 Å². The maximum atomic E-state index is 5.43. The van der Waals surface area contributed by atoms with Gasteiger partial charge in [0.25, 0.3) is 0 Å². The summed E-state index contributed by atoms with van der Waals surface area (Å²) in [5.74, 6) is 0.742. The predicted molar refractivity (Wildman–Crippen MR) is 93.5 cm³/mol. The van der Waals surface area contributed by atoms with Crippen molar-refractivity contribution in [2.45, 2.75) is 0 Å². The van der Waals surface area contributed by atoms with E-state index >= 15 is 0 Å². The summed E-state index contributed by atoms with van der Waals surface area (Å²) in [4.78, 5) is 16.0. The number of nitrogens with zero attached hydrogens (tertiary/aromatic N) is 4. The first-order chi connectivity index (χ1) is 11.3. The molecule has 1 fully saturated rings. The molecule has 0 saturated carbocycles. The summed E-state index contributed by atoms with van der Waals surface area (Å²) < 4.78 is 6.31. The molecule has 2 aromatic heterocycles. The van der Waals surface area contributed by atoms with Gasteiger partial charge in [0.2, 0.25) is 5.95 Å². The average molecular weight is 371 g/mol. The fourth-order valence-corrected chi connectivity index (χ4v) is 3.14. The molecule has 3 aromatic rings. The van der Waals surface area contributed by atoms with Crippen molar-refractivity contribution in [3.8, 4) is 11.3 Å². The number of halogens is 1. The van der Waals surface area contributed by atoms with Crippen LogP contribution in [0.4, 0.5) is 5.95 Å². The monoisotopic (exact) mass is 370 g/mol. The van der Waals surface area contributed by atoms with Crippen LogP contribution in [0.1, 0.15) is 0 Å². The minimum atomic E-state index is 0.708. The molecule has 0 aliphatic carbocycles. The molecule has 1 aliphatic heterocycles. The lowest BCUT2D eigenvalue weighted by Gasteiger charge is -2.27. The molecule has 6 heteroatoms. The topological polar surface area (TPSA) is 51.1 Å². The number of morpholine rings is 1. The number of anilines is 1. The van der Waals surface area contributed by atoms with Gasteiger partial charge in [-0.25, -0.2) is 9.97 Å². The van der Waals surface area contributed by atoms with Crippen molar-refractivity contribution in [1.29, 1.82) is 0 Å². The van der Waals surface area contributed by atoms with Crippen molar-refractivity contribution in [3.05, 3.63) is 47.2 Å². The fourth-order valence-electron chi connectivity index (χ4n) is 2.72. The quantitative estimate of drug-likeness (QED) is 0.692. The molecule has 0 unspecified atom stereocenters. The van der Waals surface area contributed by atoms with E-state index in [4.69, 9.17) is 14.7 Å². The molecule has 3 heterocycles. The van der Waals surface area contributed by atoms with Gasteiger partial charge in [-0.15, -0.1) is 0 Å². The van der Waals surface area contributed by atoms with E-state index in [1.807, 2.05) is 24.4 Å². The maximum absolute atomic E-state index is 5.43. The minimum absolute atomic E-state index is 0.708. The fraction of sp³-hybridized carbons (Fsp3) is 0.235. The zero-order valence-electron chi connectivity index (χ0n) is 12.4. The van der Waals surface area contributed by atoms with E-state index in [0.717, 1.165) is 45.7 Å². The molecular weight excluding hydrogens is 356 g/mol. The lowest BCUT2D eigenvalue weighted by atomic mass is 10.1. The number of hydrogen-bond acceptors (Lipinski definition) is 5. The van der Waals surface area contributed by atoms with E-state index in [-0.39, 0.29) is 0 Å². The Hall–Kier alpha value is -2.05. The molecule has 0 bridgehead atoms. The van der Waals surface area contributed by atoms with E-state index in [1.165, 1.54) is 0 Å². The van der Waals surface area contributed by atoms with Gasteiger partial charge in [-0.2, -0.15) is 0 Å². The Morgan fingerprint density at radius 3 is 2.57 bits per heavy atom. The molecular formula is C17H15BrN4O. The van der Waals surface area contributed by atoms with Gasteiger partial charge in [-0.3, -0.25) is 4.98 Å². The molecule has 0 atom stereocenters. The highest BCUT2D eigenvalue weighted by Gasteiger charge is 2.18. The second-order valence-electron chi connectivity index (χ2n) is 5.36. The number of ether oxygens (including phenoxy) is 1. The van der Waals surface area contributed by atoms with Crippen molar-refractivity contribution >= 4 is 32.8 Å². The number of aromatic nitrogens is 3. The molecule has 0 N–H and O–H groups in total. The van der Waals surface area contributed by atoms with Crippen LogP contribution in [0, 0.1) is 0 Å². The van der Waals surface area contributed by atoms with Gasteiger partial charge in [0.05, 0.1) is 28.9 Å². The van der Waals surface area contributed by atoms with Crippen molar-refractivity contribution in [3.63, 3.8) is 0 Å². The third kappa shape index (κ3) is 2.80. The molecule has 0 spiro atoms. The summed E-state index contributed by atoms with van der Waals surface area (Å²) in [6, 6.07) is 10.2. The second-order valence-corrected chi connectivity index (χ2v) is 6.21. The van der Waals surface area contributed by atoms with Gasteiger partial charge in [0.15, 0.2) is 0 Å². The van der Waals surface area contributed by atoms with Crippen LogP contribution in [-0.4, -0.2) is 41.3 Å². The van der Waals surface area contributed by atoms with Gasteiger partial charge in [0, 0.05) is 36.4 Å². The molecule has 1 aromatic carbocycles. The van der Waals surface area contributed by atoms with Crippen molar-refractivity contribution in [1.82, 2.24) is 15.0 Å². The minimum Gasteiger partial charge on any atom is -0.378 e. The van der Waals surface area contributed by atoms with Crippen LogP contribution in [0.25, 0.3) is 22.2 Å². The lowest BCUT2D eigenvalue weighted by Crippen LogP contribution is -2.37. The number of fused-ring (bicyclic) bond motifs is 1. The molecule has 0 amide bonds. The number of rotatable bonds is 2. The molecule has 0 radical (unpaired) electrons. The Labute approximate surface area is 142 Å². The molecule has 1 aliphatic rings. The Morgan fingerprint density at radius 2 is 1.78 bits per heavy atom. The van der Waals surface area contributed by atoms with Crippen LogP contribution >= 0.6 is 15.9 Å². The summed E-state index contributed by atoms with van der Waals surface area (Å²) >= 11 is 3.57. The van der Waals surface area contributed by atoms with Crippen LogP contribution in [0.5, 0.6) is 0 Å². The van der Waals surface area contributed by atoms with Crippen LogP contribution < -0.4 is 4.90 Å². The van der Waals surface area contributed by atoms with Crippen LogP contribution in [0.2, 0.25) is 0 Å². The summed E-state index contributed by atoms with van der Waals surface area (Å²) in [6.45, 7) is 3.03. The first kappa shape index (κ1) is 14.5. The van der Waals surface area contributed by atoms with Crippen LogP contribution in [0.15, 0.2) is 47.2 Å². The molecule has 5 nitrogen and oxygen atoms in total. The predicted octanol–water partition coefficient (Wildman–Crippen LogP) is 3.29. The summed E-state index contributed by atoms with van der Waals surface area (Å²) in [6.07, 6.45) is 3.60. The van der Waals surface area contributed by atoms with Crippen LogP contribution in [-0.2, 0) is 4.74 Å². The largest absolute Gasteiger partial charge is 0.378 e. The molecule has 1 saturated heterocycles.